The fourth-order valence-corrected chi connectivity index (χ4v) is 5.87. The van der Waals surface area contributed by atoms with Gasteiger partial charge in [0.1, 0.15) is 11.6 Å². The number of rotatable bonds is 7. The molecule has 1 amide bonds. The number of alkyl halides is 2. The summed E-state index contributed by atoms with van der Waals surface area (Å²) in [5.74, 6) is -5.07. The van der Waals surface area contributed by atoms with E-state index in [1.54, 1.807) is 0 Å². The van der Waals surface area contributed by atoms with Gasteiger partial charge in [-0.25, -0.2) is 17.6 Å². The molecule has 1 aliphatic carbocycles. The van der Waals surface area contributed by atoms with Crippen molar-refractivity contribution in [1.29, 1.82) is 0 Å². The molecule has 1 saturated carbocycles. The van der Waals surface area contributed by atoms with Crippen LogP contribution in [0.1, 0.15) is 42.5 Å². The van der Waals surface area contributed by atoms with Crippen LogP contribution in [0.4, 0.5) is 23.2 Å². The molecule has 1 spiro atoms. The summed E-state index contributed by atoms with van der Waals surface area (Å²) in [7, 11) is 1.46. The summed E-state index contributed by atoms with van der Waals surface area (Å²) in [5, 5.41) is 6.45. The highest BCUT2D eigenvalue weighted by molar-refractivity contribution is 6.03. The Labute approximate surface area is 207 Å². The van der Waals surface area contributed by atoms with Gasteiger partial charge < -0.3 is 20.3 Å². The molecule has 2 atom stereocenters. The molecular formula is C26H30F4N4O2. The van der Waals surface area contributed by atoms with Gasteiger partial charge in [0.05, 0.1) is 23.9 Å². The van der Waals surface area contributed by atoms with Gasteiger partial charge in [-0.3, -0.25) is 9.78 Å². The minimum absolute atomic E-state index is 0.0719. The van der Waals surface area contributed by atoms with Gasteiger partial charge in [0.15, 0.2) is 0 Å². The topological polar surface area (TPSA) is 66.5 Å². The van der Waals surface area contributed by atoms with Gasteiger partial charge in [-0.2, -0.15) is 0 Å². The average molecular weight is 507 g/mol. The lowest BCUT2D eigenvalue weighted by atomic mass is 9.76. The van der Waals surface area contributed by atoms with E-state index in [1.807, 2.05) is 0 Å². The highest BCUT2D eigenvalue weighted by Gasteiger charge is 2.49. The van der Waals surface area contributed by atoms with E-state index in [-0.39, 0.29) is 36.1 Å². The number of amides is 1. The second-order valence-corrected chi connectivity index (χ2v) is 10.3. The molecule has 1 aromatic heterocycles. The average Bonchev–Trinajstić information content (AvgIpc) is 3.45. The van der Waals surface area contributed by atoms with E-state index in [1.165, 1.54) is 31.6 Å². The largest absolute Gasteiger partial charge is 0.383 e. The van der Waals surface area contributed by atoms with Crippen LogP contribution in [-0.2, 0) is 4.74 Å². The number of anilines is 1. The van der Waals surface area contributed by atoms with Crippen molar-refractivity contribution in [1.82, 2.24) is 15.6 Å². The number of carbonyl (C=O) groups is 1. The van der Waals surface area contributed by atoms with E-state index in [0.29, 0.717) is 24.3 Å². The number of methoxy groups -OCH3 is 1. The van der Waals surface area contributed by atoms with Crippen molar-refractivity contribution in [2.75, 3.05) is 38.3 Å². The van der Waals surface area contributed by atoms with E-state index in [9.17, 15) is 22.4 Å². The zero-order valence-electron chi connectivity index (χ0n) is 20.1. The Morgan fingerprint density at radius 2 is 1.97 bits per heavy atom. The van der Waals surface area contributed by atoms with Crippen molar-refractivity contribution in [2.45, 2.75) is 49.6 Å². The summed E-state index contributed by atoms with van der Waals surface area (Å²) >= 11 is 0. The van der Waals surface area contributed by atoms with E-state index in [2.05, 4.69) is 20.5 Å². The van der Waals surface area contributed by atoms with Crippen molar-refractivity contribution in [3.8, 4) is 11.1 Å². The number of pyridine rings is 1. The summed E-state index contributed by atoms with van der Waals surface area (Å²) in [6.45, 7) is 2.31. The molecule has 0 bridgehead atoms. The molecule has 2 saturated heterocycles. The molecule has 2 N–H and O–H groups in total. The van der Waals surface area contributed by atoms with E-state index in [0.717, 1.165) is 31.9 Å². The van der Waals surface area contributed by atoms with Gasteiger partial charge in [0, 0.05) is 62.6 Å². The minimum Gasteiger partial charge on any atom is -0.383 e. The summed E-state index contributed by atoms with van der Waals surface area (Å²) in [5.41, 5.74) is 1.41. The summed E-state index contributed by atoms with van der Waals surface area (Å²) in [6.07, 6.45) is 5.25. The van der Waals surface area contributed by atoms with Crippen LogP contribution in [0.2, 0.25) is 0 Å². The fourth-order valence-electron chi connectivity index (χ4n) is 5.87. The molecule has 3 heterocycles. The monoisotopic (exact) mass is 506 g/mol. The Morgan fingerprint density at radius 3 is 2.61 bits per heavy atom. The highest BCUT2D eigenvalue weighted by Crippen LogP contribution is 2.44. The first-order chi connectivity index (χ1) is 17.2. The maximum Gasteiger partial charge on any atom is 0.255 e. The first-order valence-electron chi connectivity index (χ1n) is 12.3. The Balaban J connectivity index is 1.51. The zero-order chi connectivity index (χ0) is 25.5. The second-order valence-electron chi connectivity index (χ2n) is 10.3. The lowest BCUT2D eigenvalue weighted by Gasteiger charge is -2.40. The first-order valence-corrected chi connectivity index (χ1v) is 12.3. The molecular weight excluding hydrogens is 476 g/mol. The van der Waals surface area contributed by atoms with Crippen molar-refractivity contribution in [3.05, 3.63) is 47.8 Å². The number of hydrogen-bond donors (Lipinski definition) is 2. The second kappa shape index (κ2) is 9.63. The lowest BCUT2D eigenvalue weighted by molar-refractivity contribution is -0.122. The van der Waals surface area contributed by atoms with Crippen LogP contribution in [0.3, 0.4) is 0 Å². The smallest absolute Gasteiger partial charge is 0.255 e. The lowest BCUT2D eigenvalue weighted by Crippen LogP contribution is -2.51. The Hall–Kier alpha value is -2.72. The van der Waals surface area contributed by atoms with Crippen molar-refractivity contribution < 1.29 is 27.1 Å². The molecule has 2 aromatic rings. The van der Waals surface area contributed by atoms with Crippen LogP contribution in [-0.4, -0.2) is 61.7 Å². The van der Waals surface area contributed by atoms with E-state index < -0.39 is 35.4 Å². The third-order valence-corrected chi connectivity index (χ3v) is 7.69. The minimum atomic E-state index is -2.73. The van der Waals surface area contributed by atoms with E-state index in [4.69, 9.17) is 4.74 Å². The third kappa shape index (κ3) is 4.93. The van der Waals surface area contributed by atoms with E-state index >= 15 is 0 Å². The van der Waals surface area contributed by atoms with Gasteiger partial charge in [0.25, 0.3) is 5.91 Å². The first kappa shape index (κ1) is 25.0. The number of nitrogens with zero attached hydrogens (tertiary/aromatic N) is 2. The van der Waals surface area contributed by atoms with Gasteiger partial charge in [-0.05, 0) is 49.4 Å². The molecule has 194 valence electrons. The number of aromatic nitrogens is 1. The summed E-state index contributed by atoms with van der Waals surface area (Å²) in [4.78, 5) is 19.8. The predicted octanol–water partition coefficient (Wildman–Crippen LogP) is 4.15. The fraction of sp³-hybridized carbons (Fsp3) is 0.538. The third-order valence-electron chi connectivity index (χ3n) is 7.69. The SMILES string of the molecule is COC[C@@H](NC(=O)c1cncc(-c2cc(F)cc(F)c2)c1N1CC[C@@]2(CCCN2)C1)C1CC(F)(F)C1. The summed E-state index contributed by atoms with van der Waals surface area (Å²) in [6, 6.07) is 2.64. The molecule has 3 fully saturated rings. The Bertz CT molecular complexity index is 1110. The number of benzene rings is 1. The molecule has 10 heteroatoms. The molecule has 36 heavy (non-hydrogen) atoms. The molecule has 2 aliphatic heterocycles. The molecule has 5 rings (SSSR count). The van der Waals surface area contributed by atoms with Crippen molar-refractivity contribution in [3.63, 3.8) is 0 Å². The van der Waals surface area contributed by atoms with Crippen LogP contribution in [0, 0.1) is 17.6 Å². The number of halogens is 4. The molecule has 3 aliphatic rings. The van der Waals surface area contributed by atoms with Crippen LogP contribution in [0.5, 0.6) is 0 Å². The number of carbonyl (C=O) groups excluding carboxylic acids is 1. The maximum absolute atomic E-state index is 14.1. The van der Waals surface area contributed by atoms with Gasteiger partial charge in [0.2, 0.25) is 5.92 Å². The number of ether oxygens (including phenoxy) is 1. The predicted molar refractivity (Wildman–Crippen MR) is 127 cm³/mol. The molecule has 0 radical (unpaired) electrons. The zero-order valence-corrected chi connectivity index (χ0v) is 20.1. The van der Waals surface area contributed by atoms with Crippen LogP contribution >= 0.6 is 0 Å². The quantitative estimate of drug-likeness (QED) is 0.553. The number of hydrogen-bond acceptors (Lipinski definition) is 5. The van der Waals surface area contributed by atoms with Crippen LogP contribution in [0.15, 0.2) is 30.6 Å². The van der Waals surface area contributed by atoms with Gasteiger partial charge >= 0.3 is 0 Å². The standard InChI is InChI=1S/C26H30F4N4O2/c1-36-14-22(17-10-26(29,30)11-17)33-24(35)21-13-31-12-20(16-7-18(27)9-19(28)8-16)23(21)34-6-4-25(15-34)3-2-5-32-25/h7-9,12-13,17,22,32H,2-6,10-11,14-15H2,1H3,(H,33,35)/t22-,25+/m1/s1. The normalized spacial score (nSPS) is 24.2. The highest BCUT2D eigenvalue weighted by atomic mass is 19.3. The van der Waals surface area contributed by atoms with Gasteiger partial charge in [-0.1, -0.05) is 0 Å². The van der Waals surface area contributed by atoms with Crippen molar-refractivity contribution in [2.24, 2.45) is 5.92 Å². The van der Waals surface area contributed by atoms with Gasteiger partial charge in [-0.15, -0.1) is 0 Å². The molecule has 6 nitrogen and oxygen atoms in total. The summed E-state index contributed by atoms with van der Waals surface area (Å²) < 4.78 is 60.5. The number of nitrogens with one attached hydrogen (secondary N) is 2. The van der Waals surface area contributed by atoms with Crippen molar-refractivity contribution >= 4 is 11.6 Å². The maximum atomic E-state index is 14.1. The molecule has 0 unspecified atom stereocenters. The van der Waals surface area contributed by atoms with Crippen LogP contribution < -0.4 is 15.5 Å². The molecule has 1 aromatic carbocycles. The van der Waals surface area contributed by atoms with Crippen LogP contribution in [0.25, 0.3) is 11.1 Å². The Morgan fingerprint density at radius 1 is 1.22 bits per heavy atom. The Kier molecular flexibility index (Phi) is 6.67.